The molecular weight excluding hydrogens is 427 g/mol. The third kappa shape index (κ3) is 4.43. The number of nitrogens with one attached hydrogen (secondary N) is 1. The Hall–Kier alpha value is -3.45. The normalized spacial score (nSPS) is 12.7. The third-order valence-electron chi connectivity index (χ3n) is 5.18. The highest BCUT2D eigenvalue weighted by Gasteiger charge is 2.14. The van der Waals surface area contributed by atoms with Gasteiger partial charge in [-0.15, -0.1) is 11.8 Å². The zero-order valence-electron chi connectivity index (χ0n) is 17.2. The number of benzene rings is 3. The molecule has 5 nitrogen and oxygen atoms in total. The molecule has 0 atom stereocenters. The van der Waals surface area contributed by atoms with Gasteiger partial charge in [-0.05, 0) is 35.9 Å². The summed E-state index contributed by atoms with van der Waals surface area (Å²) in [7, 11) is 0. The molecule has 32 heavy (non-hydrogen) atoms. The first-order valence-electron chi connectivity index (χ1n) is 10.3. The molecule has 1 N–H and O–H groups in total. The molecule has 4 aromatic rings. The van der Waals surface area contributed by atoms with Gasteiger partial charge in [-0.25, -0.2) is 4.39 Å². The van der Waals surface area contributed by atoms with Crippen LogP contribution in [0.3, 0.4) is 0 Å². The first kappa shape index (κ1) is 20.5. The van der Waals surface area contributed by atoms with Gasteiger partial charge in [0.2, 0.25) is 5.91 Å². The lowest BCUT2D eigenvalue weighted by molar-refractivity contribution is -0.113. The van der Waals surface area contributed by atoms with Gasteiger partial charge in [0.1, 0.15) is 19.0 Å². The van der Waals surface area contributed by atoms with Gasteiger partial charge in [0.15, 0.2) is 11.5 Å². The SMILES string of the molecule is O=C(CSc1cn(Cc2cccc(F)c2)c2ccccc12)Nc1ccc2c(c1)OCCO2. The molecule has 1 aliphatic heterocycles. The lowest BCUT2D eigenvalue weighted by Crippen LogP contribution is -2.17. The summed E-state index contributed by atoms with van der Waals surface area (Å²) in [6, 6.07) is 20.0. The van der Waals surface area contributed by atoms with Crippen LogP contribution in [-0.4, -0.2) is 29.4 Å². The van der Waals surface area contributed by atoms with E-state index in [1.807, 2.05) is 36.5 Å². The summed E-state index contributed by atoms with van der Waals surface area (Å²) in [5, 5.41) is 3.99. The largest absolute Gasteiger partial charge is 0.486 e. The molecule has 0 unspecified atom stereocenters. The van der Waals surface area contributed by atoms with E-state index in [0.29, 0.717) is 36.9 Å². The number of fused-ring (bicyclic) bond motifs is 2. The van der Waals surface area contributed by atoms with Crippen molar-refractivity contribution in [1.82, 2.24) is 4.57 Å². The van der Waals surface area contributed by atoms with Crippen LogP contribution in [0, 0.1) is 5.82 Å². The van der Waals surface area contributed by atoms with Crippen molar-refractivity contribution in [3.8, 4) is 11.5 Å². The number of rotatable bonds is 6. The van der Waals surface area contributed by atoms with Crippen LogP contribution in [-0.2, 0) is 11.3 Å². The van der Waals surface area contributed by atoms with Crippen molar-refractivity contribution in [3.05, 3.63) is 84.3 Å². The number of carbonyl (C=O) groups is 1. The van der Waals surface area contributed by atoms with Crippen LogP contribution in [0.5, 0.6) is 11.5 Å². The number of thioether (sulfide) groups is 1. The molecule has 0 spiro atoms. The van der Waals surface area contributed by atoms with E-state index in [0.717, 1.165) is 21.4 Å². The summed E-state index contributed by atoms with van der Waals surface area (Å²) in [4.78, 5) is 13.6. The topological polar surface area (TPSA) is 52.5 Å². The van der Waals surface area contributed by atoms with Crippen molar-refractivity contribution in [2.75, 3.05) is 24.3 Å². The monoisotopic (exact) mass is 448 g/mol. The molecule has 1 aliphatic rings. The van der Waals surface area contributed by atoms with Crippen molar-refractivity contribution in [2.45, 2.75) is 11.4 Å². The Morgan fingerprint density at radius 3 is 2.72 bits per heavy atom. The number of carbonyl (C=O) groups excluding carboxylic acids is 1. The number of halogens is 1. The number of nitrogens with zero attached hydrogens (tertiary/aromatic N) is 1. The van der Waals surface area contributed by atoms with Crippen molar-refractivity contribution < 1.29 is 18.7 Å². The van der Waals surface area contributed by atoms with Gasteiger partial charge >= 0.3 is 0 Å². The minimum Gasteiger partial charge on any atom is -0.486 e. The van der Waals surface area contributed by atoms with Gasteiger partial charge in [-0.2, -0.15) is 0 Å². The van der Waals surface area contributed by atoms with Gasteiger partial charge in [-0.1, -0.05) is 30.3 Å². The predicted octanol–water partition coefficient (Wildman–Crippen LogP) is 5.33. The zero-order chi connectivity index (χ0) is 21.9. The second kappa shape index (κ2) is 8.96. The fourth-order valence-corrected chi connectivity index (χ4v) is 4.64. The summed E-state index contributed by atoms with van der Waals surface area (Å²) >= 11 is 1.48. The number of para-hydroxylation sites is 1. The van der Waals surface area contributed by atoms with E-state index >= 15 is 0 Å². The highest BCUT2D eigenvalue weighted by molar-refractivity contribution is 8.00. The fraction of sp³-hybridized carbons (Fsp3) is 0.160. The van der Waals surface area contributed by atoms with Gasteiger partial charge in [-0.3, -0.25) is 4.79 Å². The number of ether oxygens (including phenoxy) is 2. The number of hydrogen-bond acceptors (Lipinski definition) is 4. The standard InChI is InChI=1S/C25H21FN2O3S/c26-18-5-3-4-17(12-18)14-28-15-24(20-6-1-2-7-21(20)28)32-16-25(29)27-19-8-9-22-23(13-19)31-11-10-30-22/h1-9,12-13,15H,10-11,14,16H2,(H,27,29). The summed E-state index contributed by atoms with van der Waals surface area (Å²) in [6.45, 7) is 1.59. The Morgan fingerprint density at radius 2 is 1.84 bits per heavy atom. The van der Waals surface area contributed by atoms with Crippen molar-refractivity contribution in [2.24, 2.45) is 0 Å². The summed E-state index contributed by atoms with van der Waals surface area (Å²) < 4.78 is 26.8. The number of anilines is 1. The Bertz CT molecular complexity index is 1290. The third-order valence-corrected chi connectivity index (χ3v) is 6.22. The first-order chi connectivity index (χ1) is 15.7. The highest BCUT2D eigenvalue weighted by Crippen LogP contribution is 2.33. The van der Waals surface area contributed by atoms with E-state index in [-0.39, 0.29) is 17.5 Å². The summed E-state index contributed by atoms with van der Waals surface area (Å²) in [5.74, 6) is 1.25. The molecule has 0 saturated carbocycles. The second-order valence-corrected chi connectivity index (χ2v) is 8.48. The van der Waals surface area contributed by atoms with Crippen molar-refractivity contribution in [3.63, 3.8) is 0 Å². The maximum atomic E-state index is 13.6. The molecule has 5 rings (SSSR count). The molecule has 3 aromatic carbocycles. The Labute approximate surface area is 189 Å². The second-order valence-electron chi connectivity index (χ2n) is 7.46. The molecule has 0 bridgehead atoms. The molecular formula is C25H21FN2O3S. The van der Waals surface area contributed by atoms with E-state index in [2.05, 4.69) is 9.88 Å². The maximum absolute atomic E-state index is 13.6. The first-order valence-corrected chi connectivity index (χ1v) is 11.3. The molecule has 0 saturated heterocycles. The molecule has 2 heterocycles. The smallest absolute Gasteiger partial charge is 0.234 e. The molecule has 162 valence electrons. The lowest BCUT2D eigenvalue weighted by Gasteiger charge is -2.19. The Kier molecular flexibility index (Phi) is 5.73. The fourth-order valence-electron chi connectivity index (χ4n) is 3.75. The maximum Gasteiger partial charge on any atom is 0.234 e. The Balaban J connectivity index is 1.29. The van der Waals surface area contributed by atoms with Crippen LogP contribution < -0.4 is 14.8 Å². The molecule has 0 aliphatic carbocycles. The van der Waals surface area contributed by atoms with Crippen LogP contribution in [0.2, 0.25) is 0 Å². The van der Waals surface area contributed by atoms with Crippen LogP contribution in [0.15, 0.2) is 77.8 Å². The summed E-state index contributed by atoms with van der Waals surface area (Å²) in [5.41, 5.74) is 2.61. The van der Waals surface area contributed by atoms with Crippen molar-refractivity contribution >= 4 is 34.3 Å². The quantitative estimate of drug-likeness (QED) is 0.405. The lowest BCUT2D eigenvalue weighted by atomic mass is 10.2. The summed E-state index contributed by atoms with van der Waals surface area (Å²) in [6.07, 6.45) is 2.03. The minimum absolute atomic E-state index is 0.103. The van der Waals surface area contributed by atoms with Crippen LogP contribution in [0.25, 0.3) is 10.9 Å². The van der Waals surface area contributed by atoms with Crippen LogP contribution >= 0.6 is 11.8 Å². The van der Waals surface area contributed by atoms with E-state index < -0.39 is 0 Å². The van der Waals surface area contributed by atoms with E-state index in [9.17, 15) is 9.18 Å². The molecule has 1 aromatic heterocycles. The zero-order valence-corrected chi connectivity index (χ0v) is 18.0. The minimum atomic E-state index is -0.246. The molecule has 0 radical (unpaired) electrons. The molecule has 7 heteroatoms. The van der Waals surface area contributed by atoms with Gasteiger partial charge in [0.25, 0.3) is 0 Å². The van der Waals surface area contributed by atoms with E-state index in [1.165, 1.54) is 17.8 Å². The number of aromatic nitrogens is 1. The van der Waals surface area contributed by atoms with E-state index in [4.69, 9.17) is 9.47 Å². The molecule has 1 amide bonds. The van der Waals surface area contributed by atoms with Crippen LogP contribution in [0.1, 0.15) is 5.56 Å². The average molecular weight is 449 g/mol. The van der Waals surface area contributed by atoms with Crippen molar-refractivity contribution in [1.29, 1.82) is 0 Å². The van der Waals surface area contributed by atoms with E-state index in [1.54, 1.807) is 30.3 Å². The Morgan fingerprint density at radius 1 is 1.00 bits per heavy atom. The van der Waals surface area contributed by atoms with Gasteiger partial charge in [0.05, 0.1) is 5.75 Å². The number of hydrogen-bond donors (Lipinski definition) is 1. The molecule has 0 fully saturated rings. The van der Waals surface area contributed by atoms with Gasteiger partial charge in [0, 0.05) is 40.3 Å². The number of amides is 1. The average Bonchev–Trinajstić information content (AvgIpc) is 3.15. The predicted molar refractivity (Wildman–Crippen MR) is 124 cm³/mol. The van der Waals surface area contributed by atoms with Gasteiger partial charge < -0.3 is 19.4 Å². The highest BCUT2D eigenvalue weighted by atomic mass is 32.2. The van der Waals surface area contributed by atoms with Crippen LogP contribution in [0.4, 0.5) is 10.1 Å².